The zero-order valence-corrected chi connectivity index (χ0v) is 15.1. The van der Waals surface area contributed by atoms with Crippen molar-refractivity contribution in [2.75, 3.05) is 6.61 Å². The van der Waals surface area contributed by atoms with Crippen LogP contribution in [0, 0.1) is 17.8 Å². The summed E-state index contributed by atoms with van der Waals surface area (Å²) in [5, 5.41) is 0. The van der Waals surface area contributed by atoms with Gasteiger partial charge in [-0.05, 0) is 82.5 Å². The summed E-state index contributed by atoms with van der Waals surface area (Å²) in [4.78, 5) is 0. The Morgan fingerprint density at radius 1 is 0.818 bits per heavy atom. The maximum absolute atomic E-state index is 5.77. The van der Waals surface area contributed by atoms with E-state index >= 15 is 0 Å². The average Bonchev–Trinajstić information content (AvgIpc) is 2.56. The lowest BCUT2D eigenvalue weighted by Gasteiger charge is -2.31. The van der Waals surface area contributed by atoms with Gasteiger partial charge in [-0.25, -0.2) is 0 Å². The molecular formula is C21H38O. The van der Waals surface area contributed by atoms with Crippen LogP contribution in [0.5, 0.6) is 0 Å². The summed E-state index contributed by atoms with van der Waals surface area (Å²) < 4.78 is 5.77. The van der Waals surface area contributed by atoms with Crippen LogP contribution in [0.25, 0.3) is 0 Å². The minimum Gasteiger partial charge on any atom is -0.379 e. The molecule has 0 radical (unpaired) electrons. The largest absolute Gasteiger partial charge is 0.379 e. The summed E-state index contributed by atoms with van der Waals surface area (Å²) in [6.07, 6.45) is 22.4. The van der Waals surface area contributed by atoms with Gasteiger partial charge in [0.2, 0.25) is 0 Å². The van der Waals surface area contributed by atoms with E-state index < -0.39 is 0 Å². The second kappa shape index (κ2) is 10.5. The highest BCUT2D eigenvalue weighted by atomic mass is 16.5. The molecule has 0 spiro atoms. The molecule has 2 fully saturated rings. The Morgan fingerprint density at radius 2 is 1.41 bits per heavy atom. The molecule has 0 unspecified atom stereocenters. The Morgan fingerprint density at radius 3 is 1.95 bits per heavy atom. The van der Waals surface area contributed by atoms with E-state index in [4.69, 9.17) is 4.74 Å². The standard InChI is InChI=1S/C21H38O/c1-3-5-6-7-18-8-10-19(11-9-18)12-13-20-14-16-21(17-15-20)22-4-2/h6-7,18-21H,3-5,8-17H2,1-2H3/t18-,19-,20-,21-. The third-order valence-electron chi connectivity index (χ3n) is 5.93. The van der Waals surface area contributed by atoms with Crippen molar-refractivity contribution in [2.24, 2.45) is 17.8 Å². The fraction of sp³-hybridized carbons (Fsp3) is 0.905. The van der Waals surface area contributed by atoms with Gasteiger partial charge in [0, 0.05) is 6.61 Å². The van der Waals surface area contributed by atoms with Gasteiger partial charge >= 0.3 is 0 Å². The first-order chi connectivity index (χ1) is 10.8. The third kappa shape index (κ3) is 6.44. The van der Waals surface area contributed by atoms with E-state index in [1.807, 2.05) is 0 Å². The number of rotatable bonds is 8. The topological polar surface area (TPSA) is 9.23 Å². The molecule has 0 heterocycles. The lowest BCUT2D eigenvalue weighted by Crippen LogP contribution is -2.22. The zero-order chi connectivity index (χ0) is 15.6. The number of allylic oxidation sites excluding steroid dienone is 2. The smallest absolute Gasteiger partial charge is 0.0575 e. The molecule has 2 saturated carbocycles. The molecule has 0 aromatic rings. The molecule has 2 aliphatic carbocycles. The Kier molecular flexibility index (Phi) is 8.59. The lowest BCUT2D eigenvalue weighted by atomic mass is 9.77. The second-order valence-electron chi connectivity index (χ2n) is 7.67. The van der Waals surface area contributed by atoms with E-state index in [0.29, 0.717) is 6.10 Å². The van der Waals surface area contributed by atoms with E-state index in [1.54, 1.807) is 0 Å². The van der Waals surface area contributed by atoms with E-state index in [9.17, 15) is 0 Å². The van der Waals surface area contributed by atoms with Gasteiger partial charge in [-0.1, -0.05) is 38.3 Å². The molecule has 0 aromatic carbocycles. The molecule has 128 valence electrons. The maximum Gasteiger partial charge on any atom is 0.0575 e. The van der Waals surface area contributed by atoms with Crippen LogP contribution >= 0.6 is 0 Å². The first-order valence-electron chi connectivity index (χ1n) is 10.1. The zero-order valence-electron chi connectivity index (χ0n) is 15.1. The van der Waals surface area contributed by atoms with Crippen LogP contribution in [0.4, 0.5) is 0 Å². The monoisotopic (exact) mass is 306 g/mol. The minimum atomic E-state index is 0.576. The number of hydrogen-bond acceptors (Lipinski definition) is 1. The van der Waals surface area contributed by atoms with Crippen molar-refractivity contribution in [2.45, 2.75) is 97.0 Å². The van der Waals surface area contributed by atoms with Gasteiger partial charge in [0.25, 0.3) is 0 Å². The Labute approximate surface area is 138 Å². The highest BCUT2D eigenvalue weighted by molar-refractivity contribution is 4.91. The summed E-state index contributed by atoms with van der Waals surface area (Å²) in [7, 11) is 0. The average molecular weight is 307 g/mol. The number of hydrogen-bond donors (Lipinski definition) is 0. The molecular weight excluding hydrogens is 268 g/mol. The minimum absolute atomic E-state index is 0.576. The van der Waals surface area contributed by atoms with Gasteiger partial charge in [0.05, 0.1) is 6.10 Å². The molecule has 2 aliphatic rings. The van der Waals surface area contributed by atoms with E-state index in [-0.39, 0.29) is 0 Å². The molecule has 0 aliphatic heterocycles. The van der Waals surface area contributed by atoms with Crippen LogP contribution < -0.4 is 0 Å². The second-order valence-corrected chi connectivity index (χ2v) is 7.67. The summed E-state index contributed by atoms with van der Waals surface area (Å²) in [6, 6.07) is 0. The molecule has 0 saturated heterocycles. The predicted octanol–water partition coefficient (Wildman–Crippen LogP) is 6.52. The molecule has 2 rings (SSSR count). The fourth-order valence-electron chi connectivity index (χ4n) is 4.42. The van der Waals surface area contributed by atoms with Gasteiger partial charge in [-0.15, -0.1) is 0 Å². The molecule has 0 amide bonds. The third-order valence-corrected chi connectivity index (χ3v) is 5.93. The molecule has 0 aromatic heterocycles. The Balaban J connectivity index is 1.55. The molecule has 1 heteroatoms. The van der Waals surface area contributed by atoms with Gasteiger partial charge in [0.15, 0.2) is 0 Å². The van der Waals surface area contributed by atoms with Crippen molar-refractivity contribution < 1.29 is 4.74 Å². The SMILES string of the molecule is CCCC=C[C@H]1CC[C@H](CC[C@H]2CC[C@H](OCC)CC2)CC1. The van der Waals surface area contributed by atoms with Crippen molar-refractivity contribution in [1.82, 2.24) is 0 Å². The predicted molar refractivity (Wildman–Crippen MR) is 96.1 cm³/mol. The molecule has 0 N–H and O–H groups in total. The molecule has 1 nitrogen and oxygen atoms in total. The van der Waals surface area contributed by atoms with Gasteiger partial charge < -0.3 is 4.74 Å². The summed E-state index contributed by atoms with van der Waals surface area (Å²) in [5.41, 5.74) is 0. The van der Waals surface area contributed by atoms with E-state index in [2.05, 4.69) is 26.0 Å². The first-order valence-corrected chi connectivity index (χ1v) is 10.1. The molecule has 0 bridgehead atoms. The van der Waals surface area contributed by atoms with Crippen molar-refractivity contribution in [1.29, 1.82) is 0 Å². The molecule has 0 atom stereocenters. The van der Waals surface area contributed by atoms with Crippen molar-refractivity contribution >= 4 is 0 Å². The quantitative estimate of drug-likeness (QED) is 0.463. The van der Waals surface area contributed by atoms with Gasteiger partial charge in [-0.3, -0.25) is 0 Å². The van der Waals surface area contributed by atoms with Crippen LogP contribution in [0.15, 0.2) is 12.2 Å². The fourth-order valence-corrected chi connectivity index (χ4v) is 4.42. The van der Waals surface area contributed by atoms with E-state index in [0.717, 1.165) is 24.4 Å². The van der Waals surface area contributed by atoms with Crippen LogP contribution in [0.2, 0.25) is 0 Å². The summed E-state index contributed by atoms with van der Waals surface area (Å²) in [5.74, 6) is 2.92. The van der Waals surface area contributed by atoms with Crippen LogP contribution in [0.1, 0.15) is 90.9 Å². The van der Waals surface area contributed by atoms with Crippen molar-refractivity contribution in [3.05, 3.63) is 12.2 Å². The lowest BCUT2D eigenvalue weighted by molar-refractivity contribution is 0.0239. The van der Waals surface area contributed by atoms with Crippen molar-refractivity contribution in [3.8, 4) is 0 Å². The summed E-state index contributed by atoms with van der Waals surface area (Å²) in [6.45, 7) is 5.29. The van der Waals surface area contributed by atoms with Gasteiger partial charge in [-0.2, -0.15) is 0 Å². The Bertz CT molecular complexity index is 293. The first kappa shape index (κ1) is 18.0. The normalized spacial score (nSPS) is 33.4. The van der Waals surface area contributed by atoms with Crippen molar-refractivity contribution in [3.63, 3.8) is 0 Å². The Hall–Kier alpha value is -0.300. The van der Waals surface area contributed by atoms with Crippen LogP contribution in [-0.4, -0.2) is 12.7 Å². The van der Waals surface area contributed by atoms with Crippen LogP contribution in [-0.2, 0) is 4.74 Å². The van der Waals surface area contributed by atoms with Crippen LogP contribution in [0.3, 0.4) is 0 Å². The maximum atomic E-state index is 5.77. The summed E-state index contributed by atoms with van der Waals surface area (Å²) >= 11 is 0. The highest BCUT2D eigenvalue weighted by Crippen LogP contribution is 2.36. The molecule has 22 heavy (non-hydrogen) atoms. The van der Waals surface area contributed by atoms with Gasteiger partial charge in [0.1, 0.15) is 0 Å². The van der Waals surface area contributed by atoms with E-state index in [1.165, 1.54) is 77.0 Å². The highest BCUT2D eigenvalue weighted by Gasteiger charge is 2.24. The number of ether oxygens (including phenoxy) is 1. The number of unbranched alkanes of at least 4 members (excludes halogenated alkanes) is 1.